The van der Waals surface area contributed by atoms with E-state index in [1.54, 1.807) is 36.3 Å². The second kappa shape index (κ2) is 10.9. The summed E-state index contributed by atoms with van der Waals surface area (Å²) in [6.45, 7) is 0.603. The Balaban J connectivity index is 1.35. The topological polar surface area (TPSA) is 80.2 Å². The summed E-state index contributed by atoms with van der Waals surface area (Å²) in [6, 6.07) is 22.0. The van der Waals surface area contributed by atoms with E-state index in [2.05, 4.69) is 10.5 Å². The molecule has 1 atom stereocenters. The zero-order valence-electron chi connectivity index (χ0n) is 18.6. The van der Waals surface area contributed by atoms with Gasteiger partial charge in [-0.1, -0.05) is 41.9 Å². The highest BCUT2D eigenvalue weighted by atomic mass is 35.5. The van der Waals surface area contributed by atoms with Gasteiger partial charge >= 0.3 is 0 Å². The molecule has 1 N–H and O–H groups in total. The van der Waals surface area contributed by atoms with Crippen LogP contribution in [0.5, 0.6) is 11.5 Å². The smallest absolute Gasteiger partial charge is 0.245 e. The zero-order valence-corrected chi connectivity index (χ0v) is 19.4. The van der Waals surface area contributed by atoms with Gasteiger partial charge in [-0.25, -0.2) is 5.43 Å². The van der Waals surface area contributed by atoms with Crippen molar-refractivity contribution in [2.24, 2.45) is 11.0 Å². The number of para-hydroxylation sites is 1. The van der Waals surface area contributed by atoms with E-state index in [-0.39, 0.29) is 18.2 Å². The molecule has 34 heavy (non-hydrogen) atoms. The molecule has 0 aliphatic carbocycles. The first kappa shape index (κ1) is 23.3. The van der Waals surface area contributed by atoms with Crippen molar-refractivity contribution in [2.45, 2.75) is 13.0 Å². The molecule has 8 heteroatoms. The molecule has 3 aromatic carbocycles. The fourth-order valence-corrected chi connectivity index (χ4v) is 3.83. The van der Waals surface area contributed by atoms with Crippen molar-refractivity contribution in [3.63, 3.8) is 0 Å². The third-order valence-corrected chi connectivity index (χ3v) is 5.89. The Morgan fingerprint density at radius 1 is 1.12 bits per heavy atom. The summed E-state index contributed by atoms with van der Waals surface area (Å²) < 4.78 is 11.1. The summed E-state index contributed by atoms with van der Waals surface area (Å²) in [7, 11) is 1.58. The van der Waals surface area contributed by atoms with E-state index in [1.165, 1.54) is 6.21 Å². The molecule has 2 amide bonds. The van der Waals surface area contributed by atoms with Gasteiger partial charge in [-0.05, 0) is 42.5 Å². The molecule has 7 nitrogen and oxygen atoms in total. The largest absolute Gasteiger partial charge is 0.497 e. The maximum absolute atomic E-state index is 12.6. The van der Waals surface area contributed by atoms with Crippen molar-refractivity contribution >= 4 is 35.3 Å². The number of benzene rings is 3. The van der Waals surface area contributed by atoms with E-state index in [1.807, 2.05) is 48.5 Å². The van der Waals surface area contributed by atoms with Crippen LogP contribution in [0.4, 0.5) is 5.69 Å². The van der Waals surface area contributed by atoms with Crippen LogP contribution in [0.2, 0.25) is 5.02 Å². The number of nitrogens with zero attached hydrogens (tertiary/aromatic N) is 2. The standard InChI is InChI=1S/C26H24ClN3O4/c1-33-22-12-10-21(11-13-22)30-16-20(14-25(30)31)26(32)29-28-15-18-6-3-5-9-24(18)34-17-19-7-2-4-8-23(19)27/h2-13,15,20H,14,16-17H2,1H3,(H,29,32)/t20-/m1/s1. The Kier molecular flexibility index (Phi) is 7.44. The number of anilines is 1. The highest BCUT2D eigenvalue weighted by molar-refractivity contribution is 6.31. The van der Waals surface area contributed by atoms with Crippen LogP contribution in [0.15, 0.2) is 77.9 Å². The summed E-state index contributed by atoms with van der Waals surface area (Å²) in [5.41, 5.74) is 4.86. The summed E-state index contributed by atoms with van der Waals surface area (Å²) in [5, 5.41) is 4.72. The van der Waals surface area contributed by atoms with Gasteiger partial charge in [0.2, 0.25) is 11.8 Å². The number of halogens is 1. The molecule has 3 aromatic rings. The summed E-state index contributed by atoms with van der Waals surface area (Å²) in [4.78, 5) is 26.7. The molecule has 0 aromatic heterocycles. The number of amides is 2. The van der Waals surface area contributed by atoms with Gasteiger partial charge in [-0.2, -0.15) is 5.10 Å². The maximum Gasteiger partial charge on any atom is 0.245 e. The fourth-order valence-electron chi connectivity index (χ4n) is 3.64. The van der Waals surface area contributed by atoms with E-state index < -0.39 is 5.92 Å². The van der Waals surface area contributed by atoms with Crippen LogP contribution in [0.25, 0.3) is 0 Å². The van der Waals surface area contributed by atoms with Gasteiger partial charge in [-0.15, -0.1) is 0 Å². The second-order valence-electron chi connectivity index (χ2n) is 7.76. The van der Waals surface area contributed by atoms with Gasteiger partial charge in [0.15, 0.2) is 0 Å². The number of hydrazone groups is 1. The Morgan fingerprint density at radius 2 is 1.85 bits per heavy atom. The minimum atomic E-state index is -0.488. The van der Waals surface area contributed by atoms with Gasteiger partial charge in [-0.3, -0.25) is 9.59 Å². The van der Waals surface area contributed by atoms with Crippen LogP contribution in [0, 0.1) is 5.92 Å². The zero-order chi connectivity index (χ0) is 23.9. The fraction of sp³-hybridized carbons (Fsp3) is 0.192. The van der Waals surface area contributed by atoms with E-state index in [0.717, 1.165) is 11.3 Å². The lowest BCUT2D eigenvalue weighted by molar-refractivity contribution is -0.126. The van der Waals surface area contributed by atoms with E-state index >= 15 is 0 Å². The minimum Gasteiger partial charge on any atom is -0.497 e. The predicted molar refractivity (Wildman–Crippen MR) is 131 cm³/mol. The molecule has 0 bridgehead atoms. The lowest BCUT2D eigenvalue weighted by Gasteiger charge is -2.16. The Labute approximate surface area is 202 Å². The van der Waals surface area contributed by atoms with Crippen molar-refractivity contribution < 1.29 is 19.1 Å². The Bertz CT molecular complexity index is 1200. The summed E-state index contributed by atoms with van der Waals surface area (Å²) in [5.74, 6) is 0.415. The first-order valence-electron chi connectivity index (χ1n) is 10.8. The number of ether oxygens (including phenoxy) is 2. The van der Waals surface area contributed by atoms with Crippen molar-refractivity contribution in [3.05, 3.63) is 88.9 Å². The third-order valence-electron chi connectivity index (χ3n) is 5.52. The molecule has 174 valence electrons. The predicted octanol–water partition coefficient (Wildman–Crippen LogP) is 4.43. The minimum absolute atomic E-state index is 0.104. The lowest BCUT2D eigenvalue weighted by Crippen LogP contribution is -2.30. The number of hydrogen-bond donors (Lipinski definition) is 1. The molecule has 0 saturated carbocycles. The second-order valence-corrected chi connectivity index (χ2v) is 8.16. The Hall–Kier alpha value is -3.84. The number of methoxy groups -OCH3 is 1. The SMILES string of the molecule is COc1ccc(N2C[C@H](C(=O)NN=Cc3ccccc3OCc3ccccc3Cl)CC2=O)cc1. The van der Waals surface area contributed by atoms with Crippen LogP contribution in [-0.4, -0.2) is 31.7 Å². The van der Waals surface area contributed by atoms with Crippen LogP contribution >= 0.6 is 11.6 Å². The molecule has 1 aliphatic heterocycles. The average Bonchev–Trinajstić information content (AvgIpc) is 3.26. The first-order valence-corrected chi connectivity index (χ1v) is 11.2. The molecule has 4 rings (SSSR count). The number of carbonyl (C=O) groups excluding carboxylic acids is 2. The van der Waals surface area contributed by atoms with E-state index in [0.29, 0.717) is 35.2 Å². The monoisotopic (exact) mass is 477 g/mol. The average molecular weight is 478 g/mol. The quantitative estimate of drug-likeness (QED) is 0.384. The van der Waals surface area contributed by atoms with Crippen molar-refractivity contribution in [3.8, 4) is 11.5 Å². The van der Waals surface area contributed by atoms with Gasteiger partial charge in [0.25, 0.3) is 0 Å². The molecule has 0 radical (unpaired) electrons. The lowest BCUT2D eigenvalue weighted by atomic mass is 10.1. The molecular weight excluding hydrogens is 454 g/mol. The normalized spacial score (nSPS) is 15.5. The molecule has 1 heterocycles. The number of hydrogen-bond acceptors (Lipinski definition) is 5. The van der Waals surface area contributed by atoms with E-state index in [9.17, 15) is 9.59 Å². The van der Waals surface area contributed by atoms with Crippen molar-refractivity contribution in [2.75, 3.05) is 18.6 Å². The molecule has 1 aliphatic rings. The molecule has 0 spiro atoms. The van der Waals surface area contributed by atoms with Crippen LogP contribution in [0.3, 0.4) is 0 Å². The first-order chi connectivity index (χ1) is 16.5. The highest BCUT2D eigenvalue weighted by Crippen LogP contribution is 2.27. The summed E-state index contributed by atoms with van der Waals surface area (Å²) in [6.07, 6.45) is 1.66. The van der Waals surface area contributed by atoms with Gasteiger partial charge < -0.3 is 14.4 Å². The molecular formula is C26H24ClN3O4. The number of nitrogens with one attached hydrogen (secondary N) is 1. The highest BCUT2D eigenvalue weighted by Gasteiger charge is 2.35. The van der Waals surface area contributed by atoms with Gasteiger partial charge in [0.1, 0.15) is 18.1 Å². The van der Waals surface area contributed by atoms with Crippen LogP contribution < -0.4 is 19.8 Å². The number of rotatable bonds is 8. The molecule has 1 fully saturated rings. The van der Waals surface area contributed by atoms with Gasteiger partial charge in [0.05, 0.1) is 19.2 Å². The van der Waals surface area contributed by atoms with Gasteiger partial charge in [0, 0.05) is 34.8 Å². The van der Waals surface area contributed by atoms with E-state index in [4.69, 9.17) is 21.1 Å². The summed E-state index contributed by atoms with van der Waals surface area (Å²) >= 11 is 6.20. The van der Waals surface area contributed by atoms with Crippen molar-refractivity contribution in [1.29, 1.82) is 0 Å². The number of carbonyl (C=O) groups is 2. The van der Waals surface area contributed by atoms with Crippen LogP contribution in [-0.2, 0) is 16.2 Å². The molecule has 0 unspecified atom stereocenters. The molecule has 1 saturated heterocycles. The third kappa shape index (κ3) is 5.55. The van der Waals surface area contributed by atoms with Crippen LogP contribution in [0.1, 0.15) is 17.5 Å². The Morgan fingerprint density at radius 3 is 2.62 bits per heavy atom. The maximum atomic E-state index is 12.6. The van der Waals surface area contributed by atoms with Crippen molar-refractivity contribution in [1.82, 2.24) is 5.43 Å².